The van der Waals surface area contributed by atoms with E-state index in [9.17, 15) is 9.59 Å². The quantitative estimate of drug-likeness (QED) is 0.684. The van der Waals surface area contributed by atoms with Crippen LogP contribution in [0, 0.1) is 0 Å². The molecule has 0 aliphatic carbocycles. The molecule has 1 aliphatic rings. The van der Waals surface area contributed by atoms with Gasteiger partial charge in [0, 0.05) is 23.3 Å². The molecule has 134 valence electrons. The lowest BCUT2D eigenvalue weighted by molar-refractivity contribution is 0.0990. The highest BCUT2D eigenvalue weighted by molar-refractivity contribution is 6.31. The third-order valence-corrected chi connectivity index (χ3v) is 4.54. The summed E-state index contributed by atoms with van der Waals surface area (Å²) < 4.78 is 5.91. The highest BCUT2D eigenvalue weighted by atomic mass is 35.5. The Morgan fingerprint density at radius 3 is 2.63 bits per heavy atom. The van der Waals surface area contributed by atoms with E-state index in [1.54, 1.807) is 49.5 Å². The molecule has 0 aromatic heterocycles. The lowest BCUT2D eigenvalue weighted by atomic mass is 10.1. The van der Waals surface area contributed by atoms with Gasteiger partial charge in [-0.05, 0) is 48.5 Å². The summed E-state index contributed by atoms with van der Waals surface area (Å²) in [5, 5.41) is 3.27. The summed E-state index contributed by atoms with van der Waals surface area (Å²) in [5.41, 5.74) is 1.99. The van der Waals surface area contributed by atoms with E-state index in [-0.39, 0.29) is 11.8 Å². The zero-order valence-corrected chi connectivity index (χ0v) is 15.2. The number of halogens is 1. The molecule has 0 unspecified atom stereocenters. The topological polar surface area (TPSA) is 58.6 Å². The van der Waals surface area contributed by atoms with E-state index in [4.69, 9.17) is 16.3 Å². The maximum Gasteiger partial charge on any atom is 0.261 e. The predicted octanol–water partition coefficient (Wildman–Crippen LogP) is 4.97. The van der Waals surface area contributed by atoms with Crippen LogP contribution in [0.5, 0.6) is 11.5 Å². The smallest absolute Gasteiger partial charge is 0.261 e. The molecule has 1 N–H and O–H groups in total. The van der Waals surface area contributed by atoms with E-state index in [1.165, 1.54) is 4.90 Å². The molecule has 4 rings (SSSR count). The van der Waals surface area contributed by atoms with Crippen molar-refractivity contribution in [3.63, 3.8) is 0 Å². The largest absolute Gasteiger partial charge is 0.454 e. The molecule has 0 radical (unpaired) electrons. The van der Waals surface area contributed by atoms with Gasteiger partial charge in [-0.25, -0.2) is 0 Å². The monoisotopic (exact) mass is 378 g/mol. The fourth-order valence-electron chi connectivity index (χ4n) is 2.93. The molecular formula is C21H15ClN2O3. The van der Waals surface area contributed by atoms with E-state index in [0.29, 0.717) is 39.0 Å². The predicted molar refractivity (Wildman–Crippen MR) is 105 cm³/mol. The van der Waals surface area contributed by atoms with Gasteiger partial charge in [0.15, 0.2) is 5.75 Å². The van der Waals surface area contributed by atoms with Crippen molar-refractivity contribution in [2.75, 3.05) is 17.3 Å². The normalized spacial score (nSPS) is 12.5. The highest BCUT2D eigenvalue weighted by Crippen LogP contribution is 2.38. The van der Waals surface area contributed by atoms with Crippen LogP contribution in [0.2, 0.25) is 5.02 Å². The average molecular weight is 379 g/mol. The van der Waals surface area contributed by atoms with Crippen molar-refractivity contribution in [1.29, 1.82) is 0 Å². The number of hydrogen-bond donors (Lipinski definition) is 1. The Hall–Kier alpha value is -3.31. The summed E-state index contributed by atoms with van der Waals surface area (Å²) in [5.74, 6) is 0.519. The van der Waals surface area contributed by atoms with Crippen molar-refractivity contribution in [3.05, 3.63) is 82.9 Å². The van der Waals surface area contributed by atoms with Crippen LogP contribution in [0.4, 0.5) is 11.4 Å². The summed E-state index contributed by atoms with van der Waals surface area (Å²) in [6.07, 6.45) is 0. The van der Waals surface area contributed by atoms with Gasteiger partial charge < -0.3 is 15.0 Å². The molecule has 3 aromatic rings. The van der Waals surface area contributed by atoms with Crippen LogP contribution < -0.4 is 15.0 Å². The van der Waals surface area contributed by atoms with E-state index in [0.717, 1.165) is 0 Å². The van der Waals surface area contributed by atoms with Crippen LogP contribution in [0.3, 0.4) is 0 Å². The first-order chi connectivity index (χ1) is 13.0. The standard InChI is InChI=1S/C21H15ClN2O3/c1-24-17-7-2-3-8-19(17)27-18-10-9-15(12-16(18)21(24)26)23-20(25)13-5-4-6-14(22)11-13/h2-12H,1H3,(H,23,25). The van der Waals surface area contributed by atoms with Crippen LogP contribution in [-0.2, 0) is 0 Å². The Kier molecular flexibility index (Phi) is 4.30. The summed E-state index contributed by atoms with van der Waals surface area (Å²) in [7, 11) is 1.69. The first-order valence-corrected chi connectivity index (χ1v) is 8.66. The summed E-state index contributed by atoms with van der Waals surface area (Å²) >= 11 is 5.94. The molecule has 2 amide bonds. The van der Waals surface area contributed by atoms with Crippen LogP contribution in [0.25, 0.3) is 0 Å². The number of benzene rings is 3. The number of hydrogen-bond acceptors (Lipinski definition) is 3. The molecule has 0 spiro atoms. The van der Waals surface area contributed by atoms with Gasteiger partial charge in [0.1, 0.15) is 5.75 Å². The molecule has 0 atom stereocenters. The first kappa shape index (κ1) is 17.1. The Bertz CT molecular complexity index is 1060. The molecular weight excluding hydrogens is 364 g/mol. The minimum absolute atomic E-state index is 0.214. The van der Waals surface area contributed by atoms with Crippen LogP contribution in [-0.4, -0.2) is 18.9 Å². The molecule has 0 saturated carbocycles. The number of fused-ring (bicyclic) bond motifs is 2. The highest BCUT2D eigenvalue weighted by Gasteiger charge is 2.25. The molecule has 0 saturated heterocycles. The molecule has 6 heteroatoms. The Labute approximate surface area is 161 Å². The number of carbonyl (C=O) groups is 2. The van der Waals surface area contributed by atoms with Crippen molar-refractivity contribution in [1.82, 2.24) is 0 Å². The van der Waals surface area contributed by atoms with E-state index in [2.05, 4.69) is 5.32 Å². The Balaban J connectivity index is 1.66. The first-order valence-electron chi connectivity index (χ1n) is 8.29. The molecule has 3 aromatic carbocycles. The van der Waals surface area contributed by atoms with Crippen LogP contribution in [0.15, 0.2) is 66.7 Å². The van der Waals surface area contributed by atoms with Gasteiger partial charge >= 0.3 is 0 Å². The zero-order chi connectivity index (χ0) is 19.0. The van der Waals surface area contributed by atoms with Crippen molar-refractivity contribution in [3.8, 4) is 11.5 Å². The van der Waals surface area contributed by atoms with Gasteiger partial charge in [-0.2, -0.15) is 0 Å². The van der Waals surface area contributed by atoms with Gasteiger partial charge in [-0.3, -0.25) is 9.59 Å². The third kappa shape index (κ3) is 3.25. The van der Waals surface area contributed by atoms with E-state index >= 15 is 0 Å². The molecule has 1 aliphatic heterocycles. The van der Waals surface area contributed by atoms with Crippen molar-refractivity contribution in [2.24, 2.45) is 0 Å². The van der Waals surface area contributed by atoms with Crippen LogP contribution in [0.1, 0.15) is 20.7 Å². The number of ether oxygens (including phenoxy) is 1. The molecule has 0 bridgehead atoms. The average Bonchev–Trinajstić information content (AvgIpc) is 2.78. The van der Waals surface area contributed by atoms with Gasteiger partial charge in [-0.15, -0.1) is 0 Å². The molecule has 1 heterocycles. The minimum atomic E-state index is -0.309. The van der Waals surface area contributed by atoms with Crippen molar-refractivity contribution < 1.29 is 14.3 Å². The molecule has 27 heavy (non-hydrogen) atoms. The van der Waals surface area contributed by atoms with E-state index in [1.807, 2.05) is 24.3 Å². The van der Waals surface area contributed by atoms with Crippen LogP contribution >= 0.6 is 11.6 Å². The second-order valence-corrected chi connectivity index (χ2v) is 6.55. The molecule has 0 fully saturated rings. The SMILES string of the molecule is CN1C(=O)c2cc(NC(=O)c3cccc(Cl)c3)ccc2Oc2ccccc21. The van der Waals surface area contributed by atoms with Crippen molar-refractivity contribution >= 4 is 34.8 Å². The van der Waals surface area contributed by atoms with Gasteiger partial charge in [0.2, 0.25) is 0 Å². The number of carbonyl (C=O) groups excluding carboxylic acids is 2. The second kappa shape index (κ2) is 6.78. The summed E-state index contributed by atoms with van der Waals surface area (Å²) in [4.78, 5) is 26.8. The van der Waals surface area contributed by atoms with Gasteiger partial charge in [0.25, 0.3) is 11.8 Å². The number of nitrogens with zero attached hydrogens (tertiary/aromatic N) is 1. The number of anilines is 2. The summed E-state index contributed by atoms with van der Waals surface area (Å²) in [6, 6.07) is 19.0. The third-order valence-electron chi connectivity index (χ3n) is 4.31. The number of nitrogens with one attached hydrogen (secondary N) is 1. The lowest BCUT2D eigenvalue weighted by Gasteiger charge is -2.16. The second-order valence-electron chi connectivity index (χ2n) is 6.11. The number of para-hydroxylation sites is 2. The number of rotatable bonds is 2. The fraction of sp³-hybridized carbons (Fsp3) is 0.0476. The Morgan fingerprint density at radius 1 is 1.00 bits per heavy atom. The molecule has 5 nitrogen and oxygen atoms in total. The van der Waals surface area contributed by atoms with Gasteiger partial charge in [-0.1, -0.05) is 29.8 Å². The van der Waals surface area contributed by atoms with Gasteiger partial charge in [0.05, 0.1) is 11.3 Å². The van der Waals surface area contributed by atoms with Crippen molar-refractivity contribution in [2.45, 2.75) is 0 Å². The minimum Gasteiger partial charge on any atom is -0.454 e. The number of amides is 2. The zero-order valence-electron chi connectivity index (χ0n) is 14.4. The lowest BCUT2D eigenvalue weighted by Crippen LogP contribution is -2.25. The van der Waals surface area contributed by atoms with E-state index < -0.39 is 0 Å². The maximum atomic E-state index is 12.9. The summed E-state index contributed by atoms with van der Waals surface area (Å²) in [6.45, 7) is 0. The Morgan fingerprint density at radius 2 is 1.81 bits per heavy atom. The fourth-order valence-corrected chi connectivity index (χ4v) is 3.12. The maximum absolute atomic E-state index is 12.9.